The topological polar surface area (TPSA) is 20.2 Å². The molecular formula is C23H36O. The van der Waals surface area contributed by atoms with Crippen LogP contribution < -0.4 is 0 Å². The average Bonchev–Trinajstić information content (AvgIpc) is 2.80. The zero-order valence-electron chi connectivity index (χ0n) is 16.1. The first-order valence-electron chi connectivity index (χ1n) is 10.4. The molecule has 0 bridgehead atoms. The predicted molar refractivity (Wildman–Crippen MR) is 101 cm³/mol. The Labute approximate surface area is 148 Å². The van der Waals surface area contributed by atoms with Gasteiger partial charge < -0.3 is 5.11 Å². The number of hydrogen-bond donors (Lipinski definition) is 1. The summed E-state index contributed by atoms with van der Waals surface area (Å²) in [7, 11) is 0. The molecule has 24 heavy (non-hydrogen) atoms. The minimum Gasteiger partial charge on any atom is -0.389 e. The Morgan fingerprint density at radius 3 is 2.50 bits per heavy atom. The Hall–Kier alpha value is -0.560. The number of aliphatic hydroxyl groups is 1. The number of hydrogen-bond acceptors (Lipinski definition) is 1. The first-order chi connectivity index (χ1) is 11.3. The standard InChI is InChI=1S/C23H36O/c1-5-11-21(2)12-9-20-18-7-6-16-15-17(24)8-13-22(16,3)19(18)10-14-23(20,21)4/h5,11,15,17-20,24H,6-10,12-14H2,1-4H3/b11-5+/t17?,18?,19-,20-,21-,22-,23-/m0/s1. The summed E-state index contributed by atoms with van der Waals surface area (Å²) in [6.07, 6.45) is 17.3. The van der Waals surface area contributed by atoms with E-state index in [-0.39, 0.29) is 6.10 Å². The summed E-state index contributed by atoms with van der Waals surface area (Å²) < 4.78 is 0. The summed E-state index contributed by atoms with van der Waals surface area (Å²) in [6, 6.07) is 0. The van der Waals surface area contributed by atoms with Crippen LogP contribution in [0.3, 0.4) is 0 Å². The lowest BCUT2D eigenvalue weighted by molar-refractivity contribution is -0.0665. The fourth-order valence-corrected chi connectivity index (χ4v) is 7.65. The van der Waals surface area contributed by atoms with Crippen molar-refractivity contribution >= 4 is 0 Å². The van der Waals surface area contributed by atoms with Crippen molar-refractivity contribution in [2.45, 2.75) is 85.2 Å². The van der Waals surface area contributed by atoms with Crippen LogP contribution in [0.4, 0.5) is 0 Å². The first-order valence-corrected chi connectivity index (χ1v) is 10.4. The van der Waals surface area contributed by atoms with Crippen molar-refractivity contribution in [3.05, 3.63) is 23.8 Å². The molecule has 1 N–H and O–H groups in total. The average molecular weight is 329 g/mol. The van der Waals surface area contributed by atoms with Crippen LogP contribution in [0.5, 0.6) is 0 Å². The van der Waals surface area contributed by atoms with Gasteiger partial charge in [0, 0.05) is 0 Å². The molecule has 0 amide bonds. The maximum absolute atomic E-state index is 10.1. The van der Waals surface area contributed by atoms with Gasteiger partial charge in [-0.3, -0.25) is 0 Å². The van der Waals surface area contributed by atoms with E-state index in [1.54, 1.807) is 5.57 Å². The molecule has 4 rings (SSSR count). The van der Waals surface area contributed by atoms with Gasteiger partial charge in [-0.15, -0.1) is 0 Å². The van der Waals surface area contributed by atoms with Crippen LogP contribution in [0.1, 0.15) is 79.1 Å². The molecule has 2 unspecified atom stereocenters. The highest BCUT2D eigenvalue weighted by molar-refractivity contribution is 5.26. The molecule has 0 heterocycles. The highest BCUT2D eigenvalue weighted by Crippen LogP contribution is 2.70. The van der Waals surface area contributed by atoms with Crippen LogP contribution in [0.15, 0.2) is 23.8 Å². The van der Waals surface area contributed by atoms with Crippen molar-refractivity contribution in [3.8, 4) is 0 Å². The Morgan fingerprint density at radius 2 is 1.75 bits per heavy atom. The smallest absolute Gasteiger partial charge is 0.0724 e. The molecule has 7 atom stereocenters. The third kappa shape index (κ3) is 2.09. The second-order valence-corrected chi connectivity index (χ2v) is 10.0. The maximum Gasteiger partial charge on any atom is 0.0724 e. The molecule has 3 fully saturated rings. The summed E-state index contributed by atoms with van der Waals surface area (Å²) in [5, 5.41) is 10.1. The van der Waals surface area contributed by atoms with Gasteiger partial charge in [-0.25, -0.2) is 0 Å². The fraction of sp³-hybridized carbons (Fsp3) is 0.826. The van der Waals surface area contributed by atoms with E-state index in [1.807, 2.05) is 0 Å². The van der Waals surface area contributed by atoms with Crippen molar-refractivity contribution in [2.24, 2.45) is 34.0 Å². The molecule has 0 aromatic heterocycles. The number of allylic oxidation sites excluding steroid dienone is 3. The van der Waals surface area contributed by atoms with E-state index in [0.29, 0.717) is 16.2 Å². The summed E-state index contributed by atoms with van der Waals surface area (Å²) in [4.78, 5) is 0. The number of rotatable bonds is 1. The van der Waals surface area contributed by atoms with Gasteiger partial charge in [0.25, 0.3) is 0 Å². The van der Waals surface area contributed by atoms with E-state index < -0.39 is 0 Å². The van der Waals surface area contributed by atoms with Gasteiger partial charge >= 0.3 is 0 Å². The van der Waals surface area contributed by atoms with Gasteiger partial charge in [0.2, 0.25) is 0 Å². The molecule has 0 saturated heterocycles. The SMILES string of the molecule is C/C=C/[C@@]1(C)CC[C@H]2C3CCC4=CC(O)CC[C@]4(C)[C@H]3CC[C@@]21C. The summed E-state index contributed by atoms with van der Waals surface area (Å²) in [5.41, 5.74) is 2.87. The number of aliphatic hydroxyl groups excluding tert-OH is 1. The Bertz CT molecular complexity index is 575. The van der Waals surface area contributed by atoms with Crippen molar-refractivity contribution in [3.63, 3.8) is 0 Å². The van der Waals surface area contributed by atoms with Crippen LogP contribution in [0.2, 0.25) is 0 Å². The molecule has 0 spiro atoms. The molecule has 4 aliphatic rings. The van der Waals surface area contributed by atoms with Gasteiger partial charge in [-0.05, 0) is 92.3 Å². The quantitative estimate of drug-likeness (QED) is 0.595. The molecule has 134 valence electrons. The molecular weight excluding hydrogens is 292 g/mol. The zero-order valence-corrected chi connectivity index (χ0v) is 16.1. The summed E-state index contributed by atoms with van der Waals surface area (Å²) in [6.45, 7) is 9.86. The maximum atomic E-state index is 10.1. The fourth-order valence-electron chi connectivity index (χ4n) is 7.65. The van der Waals surface area contributed by atoms with E-state index >= 15 is 0 Å². The molecule has 0 aliphatic heterocycles. The van der Waals surface area contributed by atoms with Gasteiger partial charge in [-0.1, -0.05) is 44.6 Å². The second kappa shape index (κ2) is 5.47. The van der Waals surface area contributed by atoms with Gasteiger partial charge in [0.1, 0.15) is 0 Å². The molecule has 4 aliphatic carbocycles. The second-order valence-electron chi connectivity index (χ2n) is 10.0. The predicted octanol–water partition coefficient (Wildman–Crippen LogP) is 5.89. The van der Waals surface area contributed by atoms with Crippen molar-refractivity contribution < 1.29 is 5.11 Å². The zero-order chi connectivity index (χ0) is 17.2. The minimum absolute atomic E-state index is 0.178. The highest BCUT2D eigenvalue weighted by Gasteiger charge is 2.61. The Balaban J connectivity index is 1.67. The van der Waals surface area contributed by atoms with Gasteiger partial charge in [-0.2, -0.15) is 0 Å². The number of fused-ring (bicyclic) bond motifs is 5. The first kappa shape index (κ1) is 16.9. The van der Waals surface area contributed by atoms with Crippen LogP contribution in [-0.4, -0.2) is 11.2 Å². The molecule has 1 heteroatoms. The molecule has 3 saturated carbocycles. The largest absolute Gasteiger partial charge is 0.389 e. The van der Waals surface area contributed by atoms with E-state index in [1.165, 1.54) is 44.9 Å². The van der Waals surface area contributed by atoms with Crippen LogP contribution in [0, 0.1) is 34.0 Å². The van der Waals surface area contributed by atoms with E-state index in [2.05, 4.69) is 45.9 Å². The lowest BCUT2D eigenvalue weighted by atomic mass is 9.45. The normalized spacial score (nSPS) is 54.1. The third-order valence-corrected chi connectivity index (χ3v) is 9.29. The Morgan fingerprint density at radius 1 is 1.00 bits per heavy atom. The van der Waals surface area contributed by atoms with Crippen LogP contribution in [-0.2, 0) is 0 Å². The van der Waals surface area contributed by atoms with Crippen molar-refractivity contribution in [1.29, 1.82) is 0 Å². The summed E-state index contributed by atoms with van der Waals surface area (Å²) >= 11 is 0. The lowest BCUT2D eigenvalue weighted by Gasteiger charge is -2.59. The molecule has 0 aromatic carbocycles. The molecule has 1 nitrogen and oxygen atoms in total. The third-order valence-electron chi connectivity index (χ3n) is 9.29. The van der Waals surface area contributed by atoms with Gasteiger partial charge in [0.15, 0.2) is 0 Å². The van der Waals surface area contributed by atoms with Gasteiger partial charge in [0.05, 0.1) is 6.10 Å². The lowest BCUT2D eigenvalue weighted by Crippen LogP contribution is -2.52. The van der Waals surface area contributed by atoms with Crippen molar-refractivity contribution in [1.82, 2.24) is 0 Å². The van der Waals surface area contributed by atoms with Crippen molar-refractivity contribution in [2.75, 3.05) is 0 Å². The summed E-state index contributed by atoms with van der Waals surface area (Å²) in [5.74, 6) is 2.67. The van der Waals surface area contributed by atoms with E-state index in [4.69, 9.17) is 0 Å². The van der Waals surface area contributed by atoms with Crippen LogP contribution >= 0.6 is 0 Å². The van der Waals surface area contributed by atoms with Crippen LogP contribution in [0.25, 0.3) is 0 Å². The highest BCUT2D eigenvalue weighted by atomic mass is 16.3. The van der Waals surface area contributed by atoms with E-state index in [0.717, 1.165) is 24.2 Å². The van der Waals surface area contributed by atoms with E-state index in [9.17, 15) is 5.11 Å². The molecule has 0 aromatic rings. The molecule has 0 radical (unpaired) electrons. The Kier molecular flexibility index (Phi) is 3.85. The minimum atomic E-state index is -0.178. The monoisotopic (exact) mass is 328 g/mol.